The van der Waals surface area contributed by atoms with Crippen LogP contribution >= 0.6 is 11.8 Å². The molecule has 0 aliphatic carbocycles. The molecular weight excluding hydrogens is 224 g/mol. The van der Waals surface area contributed by atoms with E-state index in [2.05, 4.69) is 4.98 Å². The number of hydrogen-bond donors (Lipinski definition) is 1. The first kappa shape index (κ1) is 10.5. The minimum Gasteiger partial charge on any atom is -0.461 e. The van der Waals surface area contributed by atoms with E-state index in [4.69, 9.17) is 4.74 Å². The average Bonchev–Trinajstić information content (AvgIpc) is 2.45. The van der Waals surface area contributed by atoms with Gasteiger partial charge in [0.1, 0.15) is 0 Å². The molecule has 1 aromatic rings. The molecule has 1 aromatic heterocycles. The maximum absolute atomic E-state index is 12.9. The fraction of sp³-hybridized carbons (Fsp3) is 0.444. The third kappa shape index (κ3) is 2.14. The molecule has 0 atom stereocenters. The summed E-state index contributed by atoms with van der Waals surface area (Å²) in [7, 11) is 0. The molecule has 1 aliphatic rings. The lowest BCUT2D eigenvalue weighted by Crippen LogP contribution is -2.25. The number of aromatic amines is 1. The van der Waals surface area contributed by atoms with Crippen LogP contribution in [-0.4, -0.2) is 29.1 Å². The number of H-pyrrole nitrogens is 1. The Bertz CT molecular complexity index is 376. The van der Waals surface area contributed by atoms with Crippen molar-refractivity contribution < 1.29 is 18.3 Å². The van der Waals surface area contributed by atoms with Crippen molar-refractivity contribution in [2.24, 2.45) is 5.92 Å². The topological polar surface area (TPSA) is 42.1 Å². The largest absolute Gasteiger partial charge is 0.461 e. The smallest absolute Gasteiger partial charge is 0.357 e. The Morgan fingerprint density at radius 2 is 2.33 bits per heavy atom. The van der Waals surface area contributed by atoms with Crippen LogP contribution in [0.1, 0.15) is 10.5 Å². The van der Waals surface area contributed by atoms with Crippen molar-refractivity contribution in [3.05, 3.63) is 23.5 Å². The standard InChI is InChI=1S/C9H9F2NO2S/c10-6-1-12-8(7(6)11)9(13)14-2-5-3-15-4-5/h1,5,12H,2-4H2. The molecule has 0 radical (unpaired) electrons. The predicted octanol–water partition coefficient (Wildman–Crippen LogP) is 1.81. The van der Waals surface area contributed by atoms with E-state index in [9.17, 15) is 13.6 Å². The highest BCUT2D eigenvalue weighted by Crippen LogP contribution is 2.24. The molecule has 2 rings (SSSR count). The lowest BCUT2D eigenvalue weighted by Gasteiger charge is -2.23. The third-order valence-electron chi connectivity index (χ3n) is 2.13. The van der Waals surface area contributed by atoms with Gasteiger partial charge in [-0.3, -0.25) is 0 Å². The van der Waals surface area contributed by atoms with Gasteiger partial charge < -0.3 is 9.72 Å². The van der Waals surface area contributed by atoms with E-state index >= 15 is 0 Å². The molecule has 82 valence electrons. The van der Waals surface area contributed by atoms with Gasteiger partial charge in [0.2, 0.25) is 0 Å². The van der Waals surface area contributed by atoms with Crippen molar-refractivity contribution in [1.82, 2.24) is 4.98 Å². The lowest BCUT2D eigenvalue weighted by molar-refractivity contribution is 0.0446. The molecule has 0 bridgehead atoms. The molecule has 3 nitrogen and oxygen atoms in total. The Morgan fingerprint density at radius 3 is 2.80 bits per heavy atom. The van der Waals surface area contributed by atoms with Crippen molar-refractivity contribution >= 4 is 17.7 Å². The first-order chi connectivity index (χ1) is 7.18. The van der Waals surface area contributed by atoms with Crippen LogP contribution in [0, 0.1) is 17.6 Å². The average molecular weight is 233 g/mol. The molecule has 15 heavy (non-hydrogen) atoms. The van der Waals surface area contributed by atoms with Gasteiger partial charge in [-0.25, -0.2) is 13.6 Å². The summed E-state index contributed by atoms with van der Waals surface area (Å²) in [5.74, 6) is -0.830. The van der Waals surface area contributed by atoms with E-state index in [1.54, 1.807) is 11.8 Å². The van der Waals surface area contributed by atoms with E-state index in [1.165, 1.54) is 0 Å². The number of rotatable bonds is 3. The van der Waals surface area contributed by atoms with Crippen LogP contribution in [0.25, 0.3) is 0 Å². The molecule has 1 aliphatic heterocycles. The second-order valence-corrected chi connectivity index (χ2v) is 4.40. The predicted molar refractivity (Wildman–Crippen MR) is 51.8 cm³/mol. The first-order valence-corrected chi connectivity index (χ1v) is 5.61. The van der Waals surface area contributed by atoms with E-state index in [0.29, 0.717) is 5.92 Å². The van der Waals surface area contributed by atoms with Gasteiger partial charge in [0.15, 0.2) is 17.3 Å². The molecule has 0 spiro atoms. The van der Waals surface area contributed by atoms with Gasteiger partial charge in [0.05, 0.1) is 6.61 Å². The van der Waals surface area contributed by atoms with Gasteiger partial charge in [-0.05, 0) is 0 Å². The van der Waals surface area contributed by atoms with Crippen molar-refractivity contribution in [1.29, 1.82) is 0 Å². The summed E-state index contributed by atoms with van der Waals surface area (Å²) >= 11 is 1.77. The molecule has 0 amide bonds. The lowest BCUT2D eigenvalue weighted by atomic mass is 10.2. The zero-order chi connectivity index (χ0) is 10.8. The minimum atomic E-state index is -1.18. The van der Waals surface area contributed by atoms with Crippen molar-refractivity contribution in [2.45, 2.75) is 0 Å². The number of carbonyl (C=O) groups is 1. The highest BCUT2D eigenvalue weighted by atomic mass is 32.2. The first-order valence-electron chi connectivity index (χ1n) is 4.45. The molecule has 0 aromatic carbocycles. The second-order valence-electron chi connectivity index (χ2n) is 3.33. The molecule has 6 heteroatoms. The highest BCUT2D eigenvalue weighted by Gasteiger charge is 2.23. The Labute approximate surface area is 89.2 Å². The van der Waals surface area contributed by atoms with Crippen LogP contribution in [0.2, 0.25) is 0 Å². The summed E-state index contributed by atoms with van der Waals surface area (Å²) in [5.41, 5.74) is -0.445. The summed E-state index contributed by atoms with van der Waals surface area (Å²) in [4.78, 5) is 13.5. The Hall–Kier alpha value is -1.04. The van der Waals surface area contributed by atoms with Crippen LogP contribution in [0.3, 0.4) is 0 Å². The third-order valence-corrected chi connectivity index (χ3v) is 3.55. The molecule has 1 saturated heterocycles. The number of nitrogens with one attached hydrogen (secondary N) is 1. The summed E-state index contributed by atoms with van der Waals surface area (Å²) < 4.78 is 30.3. The maximum atomic E-state index is 12.9. The van der Waals surface area contributed by atoms with Crippen molar-refractivity contribution in [3.63, 3.8) is 0 Å². The Balaban J connectivity index is 1.92. The van der Waals surface area contributed by atoms with Crippen molar-refractivity contribution in [2.75, 3.05) is 18.1 Å². The number of ether oxygens (including phenoxy) is 1. The van der Waals surface area contributed by atoms with Gasteiger partial charge in [-0.15, -0.1) is 0 Å². The fourth-order valence-corrected chi connectivity index (χ4v) is 1.94. The van der Waals surface area contributed by atoms with Gasteiger partial charge in [0, 0.05) is 23.6 Å². The Morgan fingerprint density at radius 1 is 1.60 bits per heavy atom. The zero-order valence-corrected chi connectivity index (χ0v) is 8.57. The number of esters is 1. The molecule has 0 unspecified atom stereocenters. The van der Waals surface area contributed by atoms with Crippen LogP contribution in [0.15, 0.2) is 6.20 Å². The number of aromatic nitrogens is 1. The summed E-state index contributed by atoms with van der Waals surface area (Å²) in [5, 5.41) is 0. The zero-order valence-electron chi connectivity index (χ0n) is 7.76. The van der Waals surface area contributed by atoms with E-state index in [-0.39, 0.29) is 6.61 Å². The number of carbonyl (C=O) groups excluding carboxylic acids is 1. The normalized spacial score (nSPS) is 16.1. The summed E-state index contributed by atoms with van der Waals surface area (Å²) in [6.07, 6.45) is 0.797. The van der Waals surface area contributed by atoms with E-state index in [0.717, 1.165) is 17.7 Å². The van der Waals surface area contributed by atoms with Crippen LogP contribution in [0.5, 0.6) is 0 Å². The van der Waals surface area contributed by atoms with E-state index < -0.39 is 23.3 Å². The Kier molecular flexibility index (Phi) is 2.95. The van der Waals surface area contributed by atoms with Gasteiger partial charge in [-0.1, -0.05) is 0 Å². The molecule has 1 fully saturated rings. The quantitative estimate of drug-likeness (QED) is 0.810. The molecule has 0 saturated carbocycles. The van der Waals surface area contributed by atoms with Crippen LogP contribution in [0.4, 0.5) is 8.78 Å². The van der Waals surface area contributed by atoms with Gasteiger partial charge in [-0.2, -0.15) is 11.8 Å². The van der Waals surface area contributed by atoms with Crippen LogP contribution in [-0.2, 0) is 4.74 Å². The van der Waals surface area contributed by atoms with E-state index in [1.807, 2.05) is 0 Å². The van der Waals surface area contributed by atoms with Gasteiger partial charge >= 0.3 is 5.97 Å². The van der Waals surface area contributed by atoms with Crippen molar-refractivity contribution in [3.8, 4) is 0 Å². The maximum Gasteiger partial charge on any atom is 0.357 e. The minimum absolute atomic E-state index is 0.270. The van der Waals surface area contributed by atoms with Gasteiger partial charge in [0.25, 0.3) is 0 Å². The monoisotopic (exact) mass is 233 g/mol. The highest BCUT2D eigenvalue weighted by molar-refractivity contribution is 8.00. The number of halogens is 2. The number of hydrogen-bond acceptors (Lipinski definition) is 3. The SMILES string of the molecule is O=C(OCC1CSC1)c1[nH]cc(F)c1F. The second kappa shape index (κ2) is 4.22. The van der Waals surface area contributed by atoms with Crippen LogP contribution < -0.4 is 0 Å². The molecule has 2 heterocycles. The molecular formula is C9H9F2NO2S. The molecule has 1 N–H and O–H groups in total. The fourth-order valence-electron chi connectivity index (χ4n) is 1.18. The summed E-state index contributed by atoms with van der Waals surface area (Å²) in [6.45, 7) is 0.270. The summed E-state index contributed by atoms with van der Waals surface area (Å²) in [6, 6.07) is 0. The number of thioether (sulfide) groups is 1.